The first-order valence-corrected chi connectivity index (χ1v) is 12.9. The molecule has 1 fully saturated rings. The van der Waals surface area contributed by atoms with E-state index in [2.05, 4.69) is 46.5 Å². The zero-order valence-electron chi connectivity index (χ0n) is 16.2. The van der Waals surface area contributed by atoms with E-state index in [9.17, 15) is 13.2 Å². The Labute approximate surface area is 178 Å². The van der Waals surface area contributed by atoms with Crippen molar-refractivity contribution in [2.24, 2.45) is 0 Å². The average Bonchev–Trinajstić information content (AvgIpc) is 3.29. The number of aromatic nitrogens is 2. The fourth-order valence-corrected chi connectivity index (χ4v) is 7.11. The van der Waals surface area contributed by atoms with Gasteiger partial charge in [-0.15, -0.1) is 11.3 Å². The Balaban J connectivity index is 1.54. The van der Waals surface area contributed by atoms with Crippen molar-refractivity contribution in [1.82, 2.24) is 14.9 Å². The third-order valence-electron chi connectivity index (χ3n) is 5.18. The summed E-state index contributed by atoms with van der Waals surface area (Å²) in [5.74, 6) is 0.335. The van der Waals surface area contributed by atoms with Crippen molar-refractivity contribution in [3.63, 3.8) is 0 Å². The highest BCUT2D eigenvalue weighted by molar-refractivity contribution is 8.00. The first-order valence-electron chi connectivity index (χ1n) is 9.22. The van der Waals surface area contributed by atoms with Gasteiger partial charge in [0.05, 0.1) is 22.6 Å². The Morgan fingerprint density at radius 3 is 2.72 bits per heavy atom. The molecule has 3 aromatic rings. The molecule has 0 radical (unpaired) electrons. The minimum atomic E-state index is -3.02. The van der Waals surface area contributed by atoms with Crippen molar-refractivity contribution < 1.29 is 13.2 Å². The average molecular weight is 448 g/mol. The number of benzene rings is 1. The van der Waals surface area contributed by atoms with Gasteiger partial charge in [0, 0.05) is 24.0 Å². The molecular formula is C20H21N3O3S3. The van der Waals surface area contributed by atoms with Crippen molar-refractivity contribution in [1.29, 1.82) is 0 Å². The molecule has 1 aromatic carbocycles. The minimum Gasteiger partial charge on any atom is -0.341 e. The molecule has 0 spiro atoms. The molecule has 9 heteroatoms. The van der Waals surface area contributed by atoms with Crippen molar-refractivity contribution in [3.05, 3.63) is 41.5 Å². The van der Waals surface area contributed by atoms with Crippen LogP contribution in [0.25, 0.3) is 21.3 Å². The number of aryl methyl sites for hydroxylation is 1. The Morgan fingerprint density at radius 1 is 1.28 bits per heavy atom. The number of nitrogens with zero attached hydrogens (tertiary/aromatic N) is 3. The maximum absolute atomic E-state index is 12.7. The molecule has 0 bridgehead atoms. The third kappa shape index (κ3) is 4.31. The molecule has 1 saturated heterocycles. The van der Waals surface area contributed by atoms with E-state index in [0.717, 1.165) is 26.4 Å². The monoisotopic (exact) mass is 447 g/mol. The molecule has 29 heavy (non-hydrogen) atoms. The van der Waals surface area contributed by atoms with E-state index in [1.807, 2.05) is 0 Å². The molecule has 1 aliphatic heterocycles. The van der Waals surface area contributed by atoms with Gasteiger partial charge in [0.1, 0.15) is 16.2 Å². The molecule has 0 saturated carbocycles. The topological polar surface area (TPSA) is 80.2 Å². The predicted octanol–water partition coefficient (Wildman–Crippen LogP) is 3.40. The van der Waals surface area contributed by atoms with Crippen molar-refractivity contribution >= 4 is 49.1 Å². The number of hydrogen-bond donors (Lipinski definition) is 0. The quantitative estimate of drug-likeness (QED) is 0.440. The van der Waals surface area contributed by atoms with Crippen LogP contribution in [-0.2, 0) is 14.6 Å². The van der Waals surface area contributed by atoms with E-state index in [1.54, 1.807) is 23.3 Å². The van der Waals surface area contributed by atoms with Crippen LogP contribution in [0.5, 0.6) is 0 Å². The van der Waals surface area contributed by atoms with Gasteiger partial charge >= 0.3 is 0 Å². The van der Waals surface area contributed by atoms with Gasteiger partial charge < -0.3 is 4.90 Å². The highest BCUT2D eigenvalue weighted by Crippen LogP contribution is 2.38. The Hall–Kier alpha value is -1.97. The van der Waals surface area contributed by atoms with Crippen LogP contribution in [0.15, 0.2) is 41.0 Å². The van der Waals surface area contributed by atoms with Gasteiger partial charge in [-0.25, -0.2) is 18.4 Å². The van der Waals surface area contributed by atoms with Crippen LogP contribution in [0.1, 0.15) is 12.0 Å². The highest BCUT2D eigenvalue weighted by atomic mass is 32.2. The van der Waals surface area contributed by atoms with Gasteiger partial charge in [0.2, 0.25) is 5.91 Å². The Kier molecular flexibility index (Phi) is 5.63. The van der Waals surface area contributed by atoms with Gasteiger partial charge in [-0.05, 0) is 18.9 Å². The molecule has 1 amide bonds. The summed E-state index contributed by atoms with van der Waals surface area (Å²) in [5.41, 5.74) is 3.36. The summed E-state index contributed by atoms with van der Waals surface area (Å²) >= 11 is 2.94. The number of thioether (sulfide) groups is 1. The lowest BCUT2D eigenvalue weighted by molar-refractivity contribution is -0.128. The fourth-order valence-electron chi connectivity index (χ4n) is 3.42. The molecule has 0 N–H and O–H groups in total. The van der Waals surface area contributed by atoms with Gasteiger partial charge in [0.15, 0.2) is 9.84 Å². The number of hydrogen-bond acceptors (Lipinski definition) is 7. The zero-order valence-corrected chi connectivity index (χ0v) is 18.6. The van der Waals surface area contributed by atoms with Crippen molar-refractivity contribution in [3.8, 4) is 11.1 Å². The van der Waals surface area contributed by atoms with Crippen LogP contribution in [0.4, 0.5) is 0 Å². The molecule has 1 atom stereocenters. The number of amides is 1. The molecule has 0 unspecified atom stereocenters. The van der Waals surface area contributed by atoms with Crippen LogP contribution in [0.2, 0.25) is 0 Å². The second kappa shape index (κ2) is 8.04. The Bertz CT molecular complexity index is 1160. The van der Waals surface area contributed by atoms with Crippen molar-refractivity contribution in [2.45, 2.75) is 24.4 Å². The lowest BCUT2D eigenvalue weighted by Crippen LogP contribution is -2.38. The van der Waals surface area contributed by atoms with Gasteiger partial charge in [0.25, 0.3) is 0 Å². The maximum Gasteiger partial charge on any atom is 0.233 e. The van der Waals surface area contributed by atoms with Crippen LogP contribution >= 0.6 is 23.1 Å². The van der Waals surface area contributed by atoms with E-state index in [-0.39, 0.29) is 29.2 Å². The molecule has 0 aliphatic carbocycles. The Morgan fingerprint density at radius 2 is 2.03 bits per heavy atom. The van der Waals surface area contributed by atoms with Gasteiger partial charge in [-0.2, -0.15) is 0 Å². The number of carbonyl (C=O) groups excluding carboxylic acids is 1. The summed E-state index contributed by atoms with van der Waals surface area (Å²) < 4.78 is 23.4. The number of rotatable bonds is 5. The van der Waals surface area contributed by atoms with Crippen LogP contribution < -0.4 is 0 Å². The number of carbonyl (C=O) groups is 1. The second-order valence-electron chi connectivity index (χ2n) is 7.22. The normalized spacial score (nSPS) is 18.2. The van der Waals surface area contributed by atoms with E-state index in [1.165, 1.54) is 23.7 Å². The van der Waals surface area contributed by atoms with Crippen LogP contribution in [0.3, 0.4) is 0 Å². The standard InChI is InChI=1S/C20H21N3O3S3/c1-13-3-5-14(6-4-13)16-9-27-19-18(16)20(22-12-21-19)28-10-17(24)23(2)15-7-8-29(25,26)11-15/h3-6,9,12,15H,7-8,10-11H2,1-2H3/t15-/m0/s1. The van der Waals surface area contributed by atoms with E-state index < -0.39 is 9.84 Å². The van der Waals surface area contributed by atoms with Gasteiger partial charge in [-0.1, -0.05) is 41.6 Å². The first kappa shape index (κ1) is 20.3. The molecule has 3 heterocycles. The number of sulfone groups is 1. The fraction of sp³-hybridized carbons (Fsp3) is 0.350. The smallest absolute Gasteiger partial charge is 0.233 e. The SMILES string of the molecule is Cc1ccc(-c2csc3ncnc(SCC(=O)N(C)[C@H]4CCS(=O)(=O)C4)c23)cc1. The van der Waals surface area contributed by atoms with E-state index >= 15 is 0 Å². The predicted molar refractivity (Wildman–Crippen MR) is 118 cm³/mol. The van der Waals surface area contributed by atoms with Crippen LogP contribution in [-0.4, -0.2) is 59.5 Å². The molecule has 2 aromatic heterocycles. The lowest BCUT2D eigenvalue weighted by atomic mass is 10.1. The summed E-state index contributed by atoms with van der Waals surface area (Å²) in [6.45, 7) is 2.05. The lowest BCUT2D eigenvalue weighted by Gasteiger charge is -2.23. The van der Waals surface area contributed by atoms with E-state index in [0.29, 0.717) is 6.42 Å². The van der Waals surface area contributed by atoms with Crippen molar-refractivity contribution in [2.75, 3.05) is 24.3 Å². The minimum absolute atomic E-state index is 0.0553. The first-order chi connectivity index (χ1) is 13.8. The molecule has 1 aliphatic rings. The largest absolute Gasteiger partial charge is 0.341 e. The molecular weight excluding hydrogens is 426 g/mol. The number of fused-ring (bicyclic) bond motifs is 1. The summed E-state index contributed by atoms with van der Waals surface area (Å²) in [5, 5.41) is 3.81. The van der Waals surface area contributed by atoms with E-state index in [4.69, 9.17) is 0 Å². The summed E-state index contributed by atoms with van der Waals surface area (Å²) in [7, 11) is -1.33. The zero-order chi connectivity index (χ0) is 20.6. The maximum atomic E-state index is 12.7. The van der Waals surface area contributed by atoms with Gasteiger partial charge in [-0.3, -0.25) is 4.79 Å². The van der Waals surface area contributed by atoms with Crippen LogP contribution in [0, 0.1) is 6.92 Å². The summed E-state index contributed by atoms with van der Waals surface area (Å²) in [6, 6.07) is 8.07. The summed E-state index contributed by atoms with van der Waals surface area (Å²) in [6.07, 6.45) is 2.03. The molecule has 4 rings (SSSR count). The third-order valence-corrected chi connectivity index (χ3v) is 8.79. The second-order valence-corrected chi connectivity index (χ2v) is 11.3. The molecule has 6 nitrogen and oxygen atoms in total. The molecule has 152 valence electrons. The number of thiophene rings is 1. The summed E-state index contributed by atoms with van der Waals surface area (Å²) in [4.78, 5) is 23.9. The highest BCUT2D eigenvalue weighted by Gasteiger charge is 2.32.